The van der Waals surface area contributed by atoms with E-state index in [2.05, 4.69) is 20.3 Å². The minimum Gasteiger partial charge on any atom is -0.394 e. The van der Waals surface area contributed by atoms with Gasteiger partial charge in [-0.05, 0) is 50.9 Å². The average molecular weight is 631 g/mol. The van der Waals surface area contributed by atoms with Crippen molar-refractivity contribution >= 4 is 55.1 Å². The van der Waals surface area contributed by atoms with Gasteiger partial charge in [-0.25, -0.2) is 4.98 Å². The van der Waals surface area contributed by atoms with Crippen molar-refractivity contribution in [2.45, 2.75) is 48.9 Å². The van der Waals surface area contributed by atoms with Gasteiger partial charge < -0.3 is 40.7 Å². The molecule has 0 saturated carbocycles. The molecule has 8 N–H and O–H groups in total. The summed E-state index contributed by atoms with van der Waals surface area (Å²) in [7, 11) is 0. The minimum atomic E-state index is -1.64. The number of ether oxygens (including phenoxy) is 1. The van der Waals surface area contributed by atoms with E-state index in [1.165, 1.54) is 17.0 Å². The number of nitro benzene ring substituents is 1. The predicted molar refractivity (Wildman–Crippen MR) is 161 cm³/mol. The number of hydrogen-bond acceptors (Lipinski definition) is 13. The van der Waals surface area contributed by atoms with E-state index >= 15 is 0 Å². The molecule has 8 atom stereocenters. The van der Waals surface area contributed by atoms with Gasteiger partial charge in [0.15, 0.2) is 17.4 Å². The minimum absolute atomic E-state index is 0.0464. The number of nitro groups is 1. The number of aromatic nitrogens is 4. The van der Waals surface area contributed by atoms with E-state index < -0.39 is 66.0 Å². The lowest BCUT2D eigenvalue weighted by molar-refractivity contribution is -0.383. The Balaban J connectivity index is 1.30. The second-order valence-electron chi connectivity index (χ2n) is 11.7. The number of aliphatic hydroxyl groups excluding tert-OH is 6. The molecule has 0 bridgehead atoms. The van der Waals surface area contributed by atoms with Crippen LogP contribution in [0.4, 0.5) is 11.6 Å². The predicted octanol–water partition coefficient (Wildman–Crippen LogP) is 0.459. The van der Waals surface area contributed by atoms with Crippen molar-refractivity contribution in [3.8, 4) is 0 Å². The second kappa shape index (κ2) is 10.1. The van der Waals surface area contributed by atoms with Gasteiger partial charge >= 0.3 is 0 Å². The van der Waals surface area contributed by atoms with Crippen molar-refractivity contribution in [1.82, 2.24) is 19.5 Å². The summed E-state index contributed by atoms with van der Waals surface area (Å²) in [5.41, 5.74) is -0.241. The van der Waals surface area contributed by atoms with E-state index in [-0.39, 0.29) is 22.8 Å². The van der Waals surface area contributed by atoms with Crippen LogP contribution >= 0.6 is 0 Å². The number of nitrogens with one attached hydrogen (secondary N) is 2. The van der Waals surface area contributed by atoms with Crippen molar-refractivity contribution in [2.75, 3.05) is 11.9 Å². The van der Waals surface area contributed by atoms with Gasteiger partial charge in [0.25, 0.3) is 11.2 Å². The van der Waals surface area contributed by atoms with Crippen molar-refractivity contribution < 1.29 is 40.3 Å². The lowest BCUT2D eigenvalue weighted by atomic mass is 9.77. The number of fused-ring (bicyclic) bond motifs is 3. The SMILES string of the molecule is O=c1[nH]c(NC2c3c(cc4ccc5c([N+](=O)[O-])ccc6ccc3c4c65)C(O)C(O)C2O)nc2c1ncn2C1OC(CO)C(O)C1O. The molecule has 16 heteroatoms. The molecule has 1 aliphatic heterocycles. The molecule has 1 aliphatic carbocycles. The number of benzene rings is 4. The number of aliphatic hydroxyl groups is 6. The molecule has 1 fully saturated rings. The molecular weight excluding hydrogens is 604 g/mol. The summed E-state index contributed by atoms with van der Waals surface area (Å²) < 4.78 is 6.83. The maximum Gasteiger partial charge on any atom is 0.280 e. The Morgan fingerprint density at radius 2 is 1.67 bits per heavy atom. The van der Waals surface area contributed by atoms with E-state index in [1.807, 2.05) is 0 Å². The molecule has 3 heterocycles. The Labute approximate surface area is 256 Å². The van der Waals surface area contributed by atoms with Gasteiger partial charge in [-0.1, -0.05) is 18.2 Å². The highest BCUT2D eigenvalue weighted by Crippen LogP contribution is 2.47. The summed E-state index contributed by atoms with van der Waals surface area (Å²) in [6.45, 7) is -0.565. The van der Waals surface area contributed by atoms with Gasteiger partial charge in [0, 0.05) is 11.5 Å². The first-order chi connectivity index (χ1) is 22.1. The van der Waals surface area contributed by atoms with E-state index in [9.17, 15) is 45.5 Å². The van der Waals surface area contributed by atoms with Gasteiger partial charge in [0.05, 0.1) is 29.3 Å². The average Bonchev–Trinajstić information content (AvgIpc) is 3.60. The topological polar surface area (TPSA) is 249 Å². The summed E-state index contributed by atoms with van der Waals surface area (Å²) in [6.07, 6.45) is -8.74. The smallest absolute Gasteiger partial charge is 0.280 e. The van der Waals surface area contributed by atoms with E-state index in [0.29, 0.717) is 38.1 Å². The van der Waals surface area contributed by atoms with Crippen molar-refractivity contribution in [3.63, 3.8) is 0 Å². The van der Waals surface area contributed by atoms with Crippen LogP contribution < -0.4 is 10.9 Å². The fourth-order valence-electron chi connectivity index (χ4n) is 6.99. The van der Waals surface area contributed by atoms with Crippen LogP contribution in [0.2, 0.25) is 0 Å². The molecular formula is C30H26N6O10. The molecule has 8 rings (SSSR count). The number of anilines is 1. The highest BCUT2D eigenvalue weighted by Gasteiger charge is 2.45. The van der Waals surface area contributed by atoms with Crippen LogP contribution in [0, 0.1) is 10.1 Å². The number of hydrogen-bond donors (Lipinski definition) is 8. The van der Waals surface area contributed by atoms with Crippen LogP contribution in [-0.2, 0) is 4.74 Å². The quantitative estimate of drug-likeness (QED) is 0.0733. The van der Waals surface area contributed by atoms with Crippen LogP contribution in [0.15, 0.2) is 53.6 Å². The zero-order chi connectivity index (χ0) is 32.2. The highest BCUT2D eigenvalue weighted by atomic mass is 16.6. The number of aromatic amines is 1. The van der Waals surface area contributed by atoms with Crippen molar-refractivity contribution in [1.29, 1.82) is 0 Å². The Hall–Kier alpha value is -4.81. The highest BCUT2D eigenvalue weighted by molar-refractivity contribution is 6.25. The molecule has 0 amide bonds. The van der Waals surface area contributed by atoms with Crippen molar-refractivity contribution in [2.24, 2.45) is 0 Å². The van der Waals surface area contributed by atoms with Gasteiger partial charge in [-0.2, -0.15) is 4.98 Å². The van der Waals surface area contributed by atoms with Gasteiger partial charge in [-0.15, -0.1) is 0 Å². The zero-order valence-electron chi connectivity index (χ0n) is 23.5. The Bertz CT molecular complexity index is 2250. The fourth-order valence-corrected chi connectivity index (χ4v) is 6.99. The van der Waals surface area contributed by atoms with Gasteiger partial charge in [-0.3, -0.25) is 24.5 Å². The van der Waals surface area contributed by atoms with Crippen molar-refractivity contribution in [3.05, 3.63) is 80.4 Å². The molecule has 1 saturated heterocycles. The summed E-state index contributed by atoms with van der Waals surface area (Å²) in [5, 5.41) is 82.1. The largest absolute Gasteiger partial charge is 0.394 e. The molecule has 46 heavy (non-hydrogen) atoms. The van der Waals surface area contributed by atoms with E-state index in [4.69, 9.17) is 4.74 Å². The van der Waals surface area contributed by atoms with E-state index in [0.717, 1.165) is 5.39 Å². The third-order valence-electron chi connectivity index (χ3n) is 9.19. The molecule has 0 spiro atoms. The summed E-state index contributed by atoms with van der Waals surface area (Å²) in [5.74, 6) is -0.161. The maximum atomic E-state index is 13.1. The van der Waals surface area contributed by atoms with Crippen LogP contribution in [0.5, 0.6) is 0 Å². The number of imidazole rings is 1. The van der Waals surface area contributed by atoms with Crippen LogP contribution in [0.1, 0.15) is 29.5 Å². The molecule has 4 aromatic carbocycles. The van der Waals surface area contributed by atoms with Crippen LogP contribution in [-0.4, -0.2) is 92.2 Å². The van der Waals surface area contributed by atoms with Gasteiger partial charge in [0.2, 0.25) is 5.95 Å². The monoisotopic (exact) mass is 630 g/mol. The summed E-state index contributed by atoms with van der Waals surface area (Å²) in [4.78, 5) is 35.6. The van der Waals surface area contributed by atoms with Gasteiger partial charge in [0.1, 0.15) is 36.6 Å². The normalized spacial score (nSPS) is 28.0. The van der Waals surface area contributed by atoms with Crippen LogP contribution in [0.3, 0.4) is 0 Å². The number of rotatable bonds is 5. The molecule has 0 radical (unpaired) electrons. The summed E-state index contributed by atoms with van der Waals surface area (Å²) >= 11 is 0. The zero-order valence-corrected chi connectivity index (χ0v) is 23.5. The molecule has 8 unspecified atom stereocenters. The molecule has 16 nitrogen and oxygen atoms in total. The first-order valence-electron chi connectivity index (χ1n) is 14.4. The van der Waals surface area contributed by atoms with Crippen LogP contribution in [0.25, 0.3) is 43.5 Å². The molecule has 2 aliphatic rings. The molecule has 2 aromatic heterocycles. The molecule has 6 aromatic rings. The second-order valence-corrected chi connectivity index (χ2v) is 11.7. The number of H-pyrrole nitrogens is 1. The first-order valence-corrected chi connectivity index (χ1v) is 14.4. The Morgan fingerprint density at radius 1 is 0.957 bits per heavy atom. The summed E-state index contributed by atoms with van der Waals surface area (Å²) in [6, 6.07) is 10.5. The standard InChI is InChI=1S/C30H26N6O10/c37-8-16-23(39)26(42)29(46-16)35-9-31-21-27(35)33-30(34-28(21)43)32-20-19-13-5-1-10-3-6-15(36(44)45)12-4-2-11(18(13)17(10)12)7-14(19)22(38)25(41)24(20)40/h1-7,9,16,20,22-26,29,37-42H,8H2,(H2,32,33,34,43). The number of non-ortho nitro benzene ring substituents is 1. The Kier molecular flexibility index (Phi) is 6.29. The first kappa shape index (κ1) is 28.6. The third-order valence-corrected chi connectivity index (χ3v) is 9.19. The lowest BCUT2D eigenvalue weighted by Crippen LogP contribution is -2.44. The maximum absolute atomic E-state index is 13.1. The third kappa shape index (κ3) is 3.89. The Morgan fingerprint density at radius 3 is 2.41 bits per heavy atom. The fraction of sp³-hybridized carbons (Fsp3) is 0.300. The molecule has 236 valence electrons. The number of nitrogens with zero attached hydrogens (tertiary/aromatic N) is 4. The lowest BCUT2D eigenvalue weighted by Gasteiger charge is -2.38. The van der Waals surface area contributed by atoms with E-state index in [1.54, 1.807) is 36.4 Å².